The van der Waals surface area contributed by atoms with Gasteiger partial charge < -0.3 is 14.1 Å². The van der Waals surface area contributed by atoms with E-state index in [9.17, 15) is 4.79 Å². The van der Waals surface area contributed by atoms with Crippen molar-refractivity contribution in [2.24, 2.45) is 0 Å². The lowest BCUT2D eigenvalue weighted by Crippen LogP contribution is -2.43. The topological polar surface area (TPSA) is 55.6 Å². The van der Waals surface area contributed by atoms with Crippen LogP contribution in [0.1, 0.15) is 50.5 Å². The molecule has 0 unspecified atom stereocenters. The predicted octanol–water partition coefficient (Wildman–Crippen LogP) is 6.49. The number of imidazole rings is 1. The van der Waals surface area contributed by atoms with Crippen molar-refractivity contribution in [3.05, 3.63) is 63.5 Å². The van der Waals surface area contributed by atoms with E-state index in [1.165, 1.54) is 0 Å². The van der Waals surface area contributed by atoms with Crippen LogP contribution in [0.5, 0.6) is 0 Å². The Balaban J connectivity index is 1.68. The highest BCUT2D eigenvalue weighted by molar-refractivity contribution is 14.1. The zero-order valence-corrected chi connectivity index (χ0v) is 22.6. The molecule has 0 saturated heterocycles. The number of carbonyl (C=O) groups excluding carboxylic acids is 1. The van der Waals surface area contributed by atoms with Gasteiger partial charge in [-0.05, 0) is 70.6 Å². The van der Waals surface area contributed by atoms with E-state index in [4.69, 9.17) is 4.43 Å². The molecule has 31 heavy (non-hydrogen) atoms. The maximum absolute atomic E-state index is 12.7. The highest BCUT2D eigenvalue weighted by Gasteiger charge is 2.38. The first-order valence-electron chi connectivity index (χ1n) is 10.5. The summed E-state index contributed by atoms with van der Waals surface area (Å²) in [5.41, 5.74) is 2.43. The Kier molecular flexibility index (Phi) is 6.70. The quantitative estimate of drug-likeness (QED) is 0.283. The first-order chi connectivity index (χ1) is 14.3. The van der Waals surface area contributed by atoms with Crippen LogP contribution >= 0.6 is 22.6 Å². The summed E-state index contributed by atoms with van der Waals surface area (Å²) in [6, 6.07) is 11.7. The Bertz CT molecular complexity index is 1080. The Hall–Kier alpha value is -1.71. The molecule has 0 aliphatic rings. The van der Waals surface area contributed by atoms with Gasteiger partial charge in [0.1, 0.15) is 5.65 Å². The Morgan fingerprint density at radius 1 is 1.06 bits per heavy atom. The third-order valence-electron chi connectivity index (χ3n) is 6.19. The molecule has 0 atom stereocenters. The van der Waals surface area contributed by atoms with E-state index in [2.05, 4.69) is 80.6 Å². The maximum atomic E-state index is 12.7. The highest BCUT2D eigenvalue weighted by Crippen LogP contribution is 2.38. The van der Waals surface area contributed by atoms with Crippen molar-refractivity contribution in [1.29, 1.82) is 0 Å². The molecule has 5 nitrogen and oxygen atoms in total. The van der Waals surface area contributed by atoms with E-state index in [-0.39, 0.29) is 16.4 Å². The van der Waals surface area contributed by atoms with E-state index >= 15 is 0 Å². The molecule has 0 spiro atoms. The molecule has 2 aromatic heterocycles. The van der Waals surface area contributed by atoms with Crippen molar-refractivity contribution in [2.75, 3.05) is 11.9 Å². The maximum Gasteiger partial charge on any atom is 0.256 e. The van der Waals surface area contributed by atoms with Gasteiger partial charge in [-0.3, -0.25) is 4.79 Å². The minimum Gasteiger partial charge on any atom is -0.416 e. The van der Waals surface area contributed by atoms with Gasteiger partial charge in [-0.15, -0.1) is 0 Å². The fourth-order valence-corrected chi connectivity index (χ4v) is 4.58. The second-order valence-electron chi connectivity index (χ2n) is 10.2. The molecule has 3 rings (SSSR count). The van der Waals surface area contributed by atoms with Crippen LogP contribution in [0.3, 0.4) is 0 Å². The number of aromatic nitrogens is 2. The zero-order chi connectivity index (χ0) is 23.0. The van der Waals surface area contributed by atoms with E-state index in [1.54, 1.807) is 0 Å². The van der Waals surface area contributed by atoms with Crippen LogP contribution in [0.2, 0.25) is 18.1 Å². The number of hydrogen-bond donors (Lipinski definition) is 1. The number of carbonyl (C=O) groups is 1. The van der Waals surface area contributed by atoms with Gasteiger partial charge in [0.2, 0.25) is 0 Å². The molecular formula is C24H32IN3O2Si. The van der Waals surface area contributed by atoms with Crippen LogP contribution in [-0.4, -0.2) is 30.2 Å². The minimum absolute atomic E-state index is 0.136. The summed E-state index contributed by atoms with van der Waals surface area (Å²) in [5, 5.41) is 3.08. The largest absolute Gasteiger partial charge is 0.416 e. The normalized spacial score (nSPS) is 12.9. The van der Waals surface area contributed by atoms with Crippen molar-refractivity contribution in [2.45, 2.75) is 58.2 Å². The van der Waals surface area contributed by atoms with E-state index in [0.717, 1.165) is 14.8 Å². The fraction of sp³-hybridized carbons (Fsp3) is 0.417. The van der Waals surface area contributed by atoms with Crippen molar-refractivity contribution in [3.8, 4) is 0 Å². The summed E-state index contributed by atoms with van der Waals surface area (Å²) in [7, 11) is -1.81. The van der Waals surface area contributed by atoms with Gasteiger partial charge in [-0.1, -0.05) is 46.8 Å². The smallest absolute Gasteiger partial charge is 0.256 e. The fourth-order valence-electron chi connectivity index (χ4n) is 2.95. The molecule has 1 aromatic carbocycles. The first kappa shape index (κ1) is 23.9. The van der Waals surface area contributed by atoms with Crippen molar-refractivity contribution < 1.29 is 9.22 Å². The van der Waals surface area contributed by atoms with Gasteiger partial charge >= 0.3 is 0 Å². The van der Waals surface area contributed by atoms with Crippen LogP contribution in [0.25, 0.3) is 5.65 Å². The van der Waals surface area contributed by atoms with Gasteiger partial charge in [-0.25, -0.2) is 4.98 Å². The minimum atomic E-state index is -1.81. The van der Waals surface area contributed by atoms with Gasteiger partial charge in [0, 0.05) is 27.4 Å². The number of hydrogen-bond acceptors (Lipinski definition) is 3. The van der Waals surface area contributed by atoms with Crippen LogP contribution in [-0.2, 0) is 9.84 Å². The van der Waals surface area contributed by atoms with Crippen LogP contribution in [0.15, 0.2) is 48.8 Å². The second-order valence-corrected chi connectivity index (χ2v) is 16.3. The molecular weight excluding hydrogens is 517 g/mol. The first-order valence-corrected chi connectivity index (χ1v) is 14.5. The number of halogens is 1. The number of fused-ring (bicyclic) bond motifs is 1. The summed E-state index contributed by atoms with van der Waals surface area (Å²) in [4.78, 5) is 17.2. The summed E-state index contributed by atoms with van der Waals surface area (Å²) in [6.45, 7) is 16.3. The Labute approximate surface area is 199 Å². The van der Waals surface area contributed by atoms with Gasteiger partial charge in [0.25, 0.3) is 5.91 Å². The molecule has 0 aliphatic carbocycles. The molecule has 0 bridgehead atoms. The number of rotatable bonds is 6. The summed E-state index contributed by atoms with van der Waals surface area (Å²) >= 11 is 2.25. The molecule has 0 saturated carbocycles. The monoisotopic (exact) mass is 549 g/mol. The number of benzene rings is 1. The number of amides is 1. The van der Waals surface area contributed by atoms with Crippen molar-refractivity contribution in [1.82, 2.24) is 9.38 Å². The van der Waals surface area contributed by atoms with Crippen molar-refractivity contribution in [3.63, 3.8) is 0 Å². The molecule has 7 heteroatoms. The lowest BCUT2D eigenvalue weighted by atomic mass is 9.85. The van der Waals surface area contributed by atoms with Crippen LogP contribution < -0.4 is 5.32 Å². The number of pyridine rings is 1. The molecule has 2 heterocycles. The lowest BCUT2D eigenvalue weighted by Gasteiger charge is -2.39. The molecule has 0 radical (unpaired) electrons. The zero-order valence-electron chi connectivity index (χ0n) is 19.4. The van der Waals surface area contributed by atoms with Crippen LogP contribution in [0, 0.1) is 3.57 Å². The average Bonchev–Trinajstić information content (AvgIpc) is 3.07. The molecule has 1 N–H and O–H groups in total. The number of anilines is 1. The summed E-state index contributed by atoms with van der Waals surface area (Å²) in [6.07, 6.45) is 3.80. The van der Waals surface area contributed by atoms with Gasteiger partial charge in [0.05, 0.1) is 6.20 Å². The SMILES string of the molecule is CC(C)(CO[Si](C)(C)C(C)(C)C)c1ccc(C(=O)Nc2cn3cc(I)ccc3n2)cc1. The third kappa shape index (κ3) is 5.56. The van der Waals surface area contributed by atoms with Crippen LogP contribution in [0.4, 0.5) is 5.82 Å². The standard InChI is InChI=1S/C24H32IN3O2Si/c1-23(2,3)31(6,7)30-16-24(4,5)18-10-8-17(9-11-18)22(29)27-20-15-28-14-19(25)12-13-21(28)26-20/h8-15H,16H2,1-7H3,(H,27,29). The summed E-state index contributed by atoms with van der Waals surface area (Å²) in [5.74, 6) is 0.374. The summed E-state index contributed by atoms with van der Waals surface area (Å²) < 4.78 is 9.47. The lowest BCUT2D eigenvalue weighted by molar-refractivity contribution is 0.102. The van der Waals surface area contributed by atoms with Gasteiger partial charge in [-0.2, -0.15) is 0 Å². The van der Waals surface area contributed by atoms with Crippen molar-refractivity contribution >= 4 is 48.3 Å². The molecule has 3 aromatic rings. The molecule has 1 amide bonds. The number of nitrogens with one attached hydrogen (secondary N) is 1. The third-order valence-corrected chi connectivity index (χ3v) is 11.3. The molecule has 0 fully saturated rings. The van der Waals surface area contributed by atoms with E-state index < -0.39 is 8.32 Å². The highest BCUT2D eigenvalue weighted by atomic mass is 127. The number of nitrogens with zero attached hydrogens (tertiary/aromatic N) is 2. The van der Waals surface area contributed by atoms with E-state index in [0.29, 0.717) is 18.0 Å². The van der Waals surface area contributed by atoms with Gasteiger partial charge in [0.15, 0.2) is 14.1 Å². The Morgan fingerprint density at radius 3 is 2.32 bits per heavy atom. The molecule has 166 valence electrons. The predicted molar refractivity (Wildman–Crippen MR) is 138 cm³/mol. The molecule has 0 aliphatic heterocycles. The second kappa shape index (κ2) is 8.67. The average molecular weight is 550 g/mol. The Morgan fingerprint density at radius 2 is 1.71 bits per heavy atom. The van der Waals surface area contributed by atoms with E-state index in [1.807, 2.05) is 53.2 Å².